The zero-order valence-electron chi connectivity index (χ0n) is 5.66. The lowest BCUT2D eigenvalue weighted by Crippen LogP contribution is -1.98. The smallest absolute Gasteiger partial charge is 0.286 e. The summed E-state index contributed by atoms with van der Waals surface area (Å²) >= 11 is 0. The van der Waals surface area contributed by atoms with Crippen molar-refractivity contribution in [1.29, 1.82) is 0 Å². The molecule has 0 saturated carbocycles. The van der Waals surface area contributed by atoms with E-state index in [1.54, 1.807) is 18.3 Å². The highest BCUT2D eigenvalue weighted by Gasteiger charge is 1.95. The molecule has 0 amide bonds. The van der Waals surface area contributed by atoms with E-state index in [0.717, 1.165) is 0 Å². The van der Waals surface area contributed by atoms with Crippen molar-refractivity contribution >= 4 is 0 Å². The molecule has 0 fully saturated rings. The maximum absolute atomic E-state index is 10.5. The largest absolute Gasteiger partial charge is 0.853 e. The molecule has 0 saturated heterocycles. The van der Waals surface area contributed by atoms with Gasteiger partial charge in [-0.25, -0.2) is 4.98 Å². The van der Waals surface area contributed by atoms with Crippen LogP contribution in [-0.4, -0.2) is 4.98 Å². The van der Waals surface area contributed by atoms with Gasteiger partial charge in [0.1, 0.15) is 12.1 Å². The normalized spacial score (nSPS) is 10.7. The maximum atomic E-state index is 10.5. The fourth-order valence-electron chi connectivity index (χ4n) is 0.617. The van der Waals surface area contributed by atoms with E-state index in [1.807, 2.05) is 6.07 Å². The summed E-state index contributed by atoms with van der Waals surface area (Å²) in [6.45, 7) is 1.45. The van der Waals surface area contributed by atoms with Crippen LogP contribution in [0.15, 0.2) is 30.2 Å². The van der Waals surface area contributed by atoms with Crippen molar-refractivity contribution < 1.29 is 5.11 Å². The quantitative estimate of drug-likeness (QED) is 0.413. The highest BCUT2D eigenvalue weighted by Crippen LogP contribution is 1.93. The topological polar surface area (TPSA) is 36.0 Å². The van der Waals surface area contributed by atoms with Crippen LogP contribution in [0.4, 0.5) is 0 Å². The molecule has 1 rings (SSSR count). The summed E-state index contributed by atoms with van der Waals surface area (Å²) in [6, 6.07) is 5.35. The van der Waals surface area contributed by atoms with Crippen molar-refractivity contribution in [3.63, 3.8) is 0 Å². The second kappa shape index (κ2) is 2.95. The van der Waals surface area contributed by atoms with Crippen molar-refractivity contribution in [3.05, 3.63) is 41.9 Å². The third-order valence-corrected chi connectivity index (χ3v) is 0.969. The average Bonchev–Trinajstić information content (AvgIpc) is 1.88. The Morgan fingerprint density at radius 1 is 1.60 bits per heavy atom. The minimum Gasteiger partial charge on any atom is -0.853 e. The summed E-state index contributed by atoms with van der Waals surface area (Å²) in [5.74, 6) is -0.0984. The van der Waals surface area contributed by atoms with Crippen molar-refractivity contribution in [3.8, 4) is 0 Å². The lowest BCUT2D eigenvalue weighted by atomic mass is 10.3. The molecule has 0 N–H and O–H groups in total. The first-order chi connectivity index (χ1) is 4.79. The molecule has 0 unspecified atom stereocenters. The third-order valence-electron chi connectivity index (χ3n) is 0.969. The van der Waals surface area contributed by atoms with Crippen LogP contribution in [0.1, 0.15) is 12.6 Å². The zero-order valence-corrected chi connectivity index (χ0v) is 5.66. The second-order valence-corrected chi connectivity index (χ2v) is 1.90. The molecule has 2 nitrogen and oxygen atoms in total. The third kappa shape index (κ3) is 1.84. The highest BCUT2D eigenvalue weighted by molar-refractivity contribution is 5.12. The van der Waals surface area contributed by atoms with Crippen LogP contribution < -0.4 is 5.11 Å². The maximum Gasteiger partial charge on any atom is 0.286 e. The van der Waals surface area contributed by atoms with Crippen molar-refractivity contribution in [1.82, 2.24) is 4.98 Å². The fraction of sp³-hybridized carbons (Fsp3) is 0.125. The standard InChI is InChI=1S/C8H7NO/c1-7(10)6-8-4-2-3-5-9-8/h2-5H,1H3. The van der Waals surface area contributed by atoms with E-state index < -0.39 is 0 Å². The van der Waals surface area contributed by atoms with Gasteiger partial charge in [-0.2, -0.15) is 0 Å². The van der Waals surface area contributed by atoms with Crippen molar-refractivity contribution in [2.75, 3.05) is 0 Å². The van der Waals surface area contributed by atoms with E-state index >= 15 is 0 Å². The molecule has 2 heteroatoms. The Morgan fingerprint density at radius 3 is 2.90 bits per heavy atom. The molecule has 0 radical (unpaired) electrons. The van der Waals surface area contributed by atoms with Gasteiger partial charge < -0.3 is 5.11 Å². The summed E-state index contributed by atoms with van der Waals surface area (Å²) in [5, 5.41) is 10.5. The molecule has 0 aliphatic heterocycles. The number of rotatable bonds is 1. The summed E-state index contributed by atoms with van der Waals surface area (Å²) in [7, 11) is 0. The molecule has 0 atom stereocenters. The van der Waals surface area contributed by atoms with E-state index in [9.17, 15) is 5.11 Å². The fourth-order valence-corrected chi connectivity index (χ4v) is 0.617. The molecule has 0 spiro atoms. The van der Waals surface area contributed by atoms with E-state index in [2.05, 4.69) is 11.1 Å². The summed E-state index contributed by atoms with van der Waals surface area (Å²) in [6.07, 6.45) is 4.18. The van der Waals surface area contributed by atoms with Gasteiger partial charge in [0.25, 0.3) is 5.69 Å². The monoisotopic (exact) mass is 133 g/mol. The van der Waals surface area contributed by atoms with Gasteiger partial charge in [0.05, 0.1) is 0 Å². The van der Waals surface area contributed by atoms with E-state index in [1.165, 1.54) is 6.92 Å². The van der Waals surface area contributed by atoms with Crippen molar-refractivity contribution in [2.24, 2.45) is 0 Å². The molecule has 10 heavy (non-hydrogen) atoms. The molecule has 0 aliphatic rings. The first-order valence-corrected chi connectivity index (χ1v) is 2.97. The molecule has 1 heterocycles. The Labute approximate surface area is 59.9 Å². The Hall–Kier alpha value is -1.40. The molecule has 0 aromatic carbocycles. The predicted octanol–water partition coefficient (Wildman–Crippen LogP) is 0.497. The van der Waals surface area contributed by atoms with Gasteiger partial charge >= 0.3 is 0 Å². The molecule has 0 bridgehead atoms. The summed E-state index contributed by atoms with van der Waals surface area (Å²) < 4.78 is 0. The van der Waals surface area contributed by atoms with Gasteiger partial charge in [-0.15, -0.1) is 0 Å². The SMILES string of the molecule is CC([O-])=[C+]c1ccccn1. The average molecular weight is 133 g/mol. The molecular formula is C8H7NO. The van der Waals surface area contributed by atoms with E-state index in [4.69, 9.17) is 0 Å². The number of hydrogen-bond acceptors (Lipinski definition) is 2. The zero-order chi connectivity index (χ0) is 7.40. The van der Waals surface area contributed by atoms with Gasteiger partial charge in [-0.05, 0) is 13.0 Å². The van der Waals surface area contributed by atoms with E-state index in [-0.39, 0.29) is 5.76 Å². The van der Waals surface area contributed by atoms with Crippen molar-refractivity contribution in [2.45, 2.75) is 6.92 Å². The van der Waals surface area contributed by atoms with Crippen LogP contribution in [0.3, 0.4) is 0 Å². The Bertz CT molecular complexity index is 224. The molecular weight excluding hydrogens is 126 g/mol. The van der Waals surface area contributed by atoms with Gasteiger partial charge in [-0.3, -0.25) is 0 Å². The van der Waals surface area contributed by atoms with Gasteiger partial charge in [0.2, 0.25) is 0 Å². The molecule has 1 aromatic heterocycles. The Morgan fingerprint density at radius 2 is 2.40 bits per heavy atom. The second-order valence-electron chi connectivity index (χ2n) is 1.90. The number of hydrogen-bond donors (Lipinski definition) is 0. The first kappa shape index (κ1) is 6.72. The first-order valence-electron chi connectivity index (χ1n) is 2.97. The molecule has 0 aliphatic carbocycles. The van der Waals surface area contributed by atoms with E-state index in [0.29, 0.717) is 5.69 Å². The van der Waals surface area contributed by atoms with Crippen LogP contribution in [0.25, 0.3) is 0 Å². The van der Waals surface area contributed by atoms with Gasteiger partial charge in [0, 0.05) is 18.0 Å². The van der Waals surface area contributed by atoms with Crippen LogP contribution in [-0.2, 0) is 0 Å². The minimum absolute atomic E-state index is 0.0984. The number of aromatic nitrogens is 1. The predicted molar refractivity (Wildman–Crippen MR) is 35.8 cm³/mol. The van der Waals surface area contributed by atoms with Crippen LogP contribution >= 0.6 is 0 Å². The summed E-state index contributed by atoms with van der Waals surface area (Å²) in [5.41, 5.74) is 0.593. The molecule has 1 aromatic rings. The Balaban J connectivity index is 2.87. The number of pyridine rings is 1. The highest BCUT2D eigenvalue weighted by atomic mass is 16.3. The van der Waals surface area contributed by atoms with Crippen LogP contribution in [0.5, 0.6) is 0 Å². The Kier molecular flexibility index (Phi) is 1.98. The molecule has 50 valence electrons. The van der Waals surface area contributed by atoms with Gasteiger partial charge in [0.15, 0.2) is 0 Å². The minimum atomic E-state index is -0.0984. The van der Waals surface area contributed by atoms with Crippen LogP contribution in [0, 0.1) is 6.08 Å². The van der Waals surface area contributed by atoms with Gasteiger partial charge in [-0.1, -0.05) is 0 Å². The lowest BCUT2D eigenvalue weighted by Gasteiger charge is -1.90. The number of nitrogens with zero attached hydrogens (tertiary/aromatic N) is 1. The lowest BCUT2D eigenvalue weighted by molar-refractivity contribution is -0.302. The van der Waals surface area contributed by atoms with Crippen LogP contribution in [0.2, 0.25) is 0 Å². The summed E-state index contributed by atoms with van der Waals surface area (Å²) in [4.78, 5) is 3.89. The number of allylic oxidation sites excluding steroid dienone is 1.